The van der Waals surface area contributed by atoms with Gasteiger partial charge in [0.25, 0.3) is 0 Å². The lowest BCUT2D eigenvalue weighted by atomic mass is 10.1. The highest BCUT2D eigenvalue weighted by molar-refractivity contribution is 5.88. The summed E-state index contributed by atoms with van der Waals surface area (Å²) in [7, 11) is 0. The number of fused-ring (bicyclic) bond motifs is 1. The van der Waals surface area contributed by atoms with Gasteiger partial charge in [-0.3, -0.25) is 4.79 Å². The minimum atomic E-state index is -0.982. The van der Waals surface area contributed by atoms with E-state index >= 15 is 0 Å². The second kappa shape index (κ2) is 4.45. The quantitative estimate of drug-likeness (QED) is 0.792. The number of aromatic carboxylic acids is 1. The van der Waals surface area contributed by atoms with Crippen LogP contribution in [-0.2, 0) is 11.3 Å². The van der Waals surface area contributed by atoms with Crippen LogP contribution in [0.5, 0.6) is 5.75 Å². The highest BCUT2D eigenvalue weighted by Gasteiger charge is 2.18. The van der Waals surface area contributed by atoms with Crippen molar-refractivity contribution in [3.05, 3.63) is 29.3 Å². The Bertz CT molecular complexity index is 470. The molecule has 1 amide bonds. The largest absolute Gasteiger partial charge is 0.491 e. The van der Waals surface area contributed by atoms with Crippen LogP contribution in [0.2, 0.25) is 0 Å². The normalized spacial score (nSPS) is 14.5. The molecule has 90 valence electrons. The Morgan fingerprint density at radius 1 is 1.41 bits per heavy atom. The van der Waals surface area contributed by atoms with Crippen LogP contribution >= 0.6 is 0 Å². The maximum atomic E-state index is 11.3. The first-order valence-corrected chi connectivity index (χ1v) is 5.32. The molecule has 0 saturated carbocycles. The summed E-state index contributed by atoms with van der Waals surface area (Å²) >= 11 is 0. The van der Waals surface area contributed by atoms with Gasteiger partial charge in [0.15, 0.2) is 0 Å². The van der Waals surface area contributed by atoms with E-state index in [0.717, 1.165) is 5.56 Å². The summed E-state index contributed by atoms with van der Waals surface area (Å²) in [6.07, 6.45) is 0. The van der Waals surface area contributed by atoms with Gasteiger partial charge in [-0.1, -0.05) is 6.07 Å². The van der Waals surface area contributed by atoms with Gasteiger partial charge in [-0.2, -0.15) is 0 Å². The van der Waals surface area contributed by atoms with Crippen molar-refractivity contribution in [2.24, 2.45) is 0 Å². The number of carbonyl (C=O) groups excluding carboxylic acids is 1. The lowest BCUT2D eigenvalue weighted by molar-refractivity contribution is -0.129. The molecule has 1 aliphatic heterocycles. The summed E-state index contributed by atoms with van der Waals surface area (Å²) in [6, 6.07) is 4.72. The molecule has 0 fully saturated rings. The van der Waals surface area contributed by atoms with Gasteiger partial charge in [0.2, 0.25) is 5.91 Å². The molecule has 0 spiro atoms. The number of ether oxygens (including phenoxy) is 1. The van der Waals surface area contributed by atoms with Crippen molar-refractivity contribution < 1.29 is 19.4 Å². The van der Waals surface area contributed by atoms with Gasteiger partial charge in [-0.15, -0.1) is 0 Å². The van der Waals surface area contributed by atoms with Crippen molar-refractivity contribution in [2.75, 3.05) is 13.2 Å². The number of carbonyl (C=O) groups is 2. The molecule has 0 bridgehead atoms. The lowest BCUT2D eigenvalue weighted by Gasteiger charge is -2.17. The lowest BCUT2D eigenvalue weighted by Crippen LogP contribution is -2.30. The highest BCUT2D eigenvalue weighted by Crippen LogP contribution is 2.24. The molecule has 1 aliphatic rings. The molecule has 5 nitrogen and oxygen atoms in total. The number of hydrogen-bond donors (Lipinski definition) is 1. The summed E-state index contributed by atoms with van der Waals surface area (Å²) < 4.78 is 5.46. The molecule has 2 rings (SSSR count). The molecule has 1 heterocycles. The number of amides is 1. The molecule has 1 N–H and O–H groups in total. The van der Waals surface area contributed by atoms with Crippen LogP contribution in [0.25, 0.3) is 0 Å². The summed E-state index contributed by atoms with van der Waals surface area (Å²) in [5.41, 5.74) is 1.03. The predicted octanol–water partition coefficient (Wildman–Crippen LogP) is 1.13. The van der Waals surface area contributed by atoms with Gasteiger partial charge in [0.1, 0.15) is 12.4 Å². The maximum Gasteiger partial charge on any atom is 0.335 e. The maximum absolute atomic E-state index is 11.3. The fourth-order valence-electron chi connectivity index (χ4n) is 1.77. The number of nitrogens with zero attached hydrogens (tertiary/aromatic N) is 1. The van der Waals surface area contributed by atoms with Gasteiger partial charge in [0.05, 0.1) is 12.1 Å². The third-order valence-corrected chi connectivity index (χ3v) is 2.74. The number of carboxylic acid groups (broad SMARTS) is 1. The first-order chi connectivity index (χ1) is 8.08. The standard InChI is InChI=1S/C12H13NO4/c1-8(14)13-4-5-17-11-6-9(12(15)16)2-3-10(11)7-13/h2-3,6H,4-5,7H2,1H3,(H,15,16). The van der Waals surface area contributed by atoms with E-state index in [1.54, 1.807) is 11.0 Å². The van der Waals surface area contributed by atoms with Crippen LogP contribution in [0, 0.1) is 0 Å². The summed E-state index contributed by atoms with van der Waals surface area (Å²) in [5.74, 6) is -0.443. The molecule has 0 atom stereocenters. The van der Waals surface area contributed by atoms with E-state index in [0.29, 0.717) is 25.4 Å². The third-order valence-electron chi connectivity index (χ3n) is 2.74. The third kappa shape index (κ3) is 2.38. The summed E-state index contributed by atoms with van der Waals surface area (Å²) in [6.45, 7) is 2.88. The van der Waals surface area contributed by atoms with E-state index in [1.165, 1.54) is 19.1 Å². The number of hydrogen-bond acceptors (Lipinski definition) is 3. The fraction of sp³-hybridized carbons (Fsp3) is 0.333. The van der Waals surface area contributed by atoms with E-state index in [2.05, 4.69) is 0 Å². The summed E-state index contributed by atoms with van der Waals surface area (Å²) in [5, 5.41) is 8.88. The van der Waals surface area contributed by atoms with Crippen LogP contribution < -0.4 is 4.74 Å². The monoisotopic (exact) mass is 235 g/mol. The second-order valence-electron chi connectivity index (χ2n) is 3.92. The van der Waals surface area contributed by atoms with Gasteiger partial charge in [-0.05, 0) is 12.1 Å². The molecule has 0 saturated heterocycles. The van der Waals surface area contributed by atoms with Crippen LogP contribution in [0.3, 0.4) is 0 Å². The molecule has 0 unspecified atom stereocenters. The van der Waals surface area contributed by atoms with E-state index in [9.17, 15) is 9.59 Å². The minimum absolute atomic E-state index is 0.0104. The smallest absolute Gasteiger partial charge is 0.335 e. The number of rotatable bonds is 1. The number of carboxylic acids is 1. The zero-order valence-electron chi connectivity index (χ0n) is 9.47. The molecule has 0 radical (unpaired) electrons. The van der Waals surface area contributed by atoms with E-state index < -0.39 is 5.97 Å². The SMILES string of the molecule is CC(=O)N1CCOc2cc(C(=O)O)ccc2C1. The van der Waals surface area contributed by atoms with Crippen molar-refractivity contribution in [3.63, 3.8) is 0 Å². The second-order valence-corrected chi connectivity index (χ2v) is 3.92. The Hall–Kier alpha value is -2.04. The van der Waals surface area contributed by atoms with Gasteiger partial charge < -0.3 is 14.7 Å². The molecule has 17 heavy (non-hydrogen) atoms. The van der Waals surface area contributed by atoms with Crippen LogP contribution in [0.15, 0.2) is 18.2 Å². The first-order valence-electron chi connectivity index (χ1n) is 5.32. The molecule has 5 heteroatoms. The van der Waals surface area contributed by atoms with Crippen LogP contribution in [0.1, 0.15) is 22.8 Å². The van der Waals surface area contributed by atoms with Crippen molar-refractivity contribution in [3.8, 4) is 5.75 Å². The van der Waals surface area contributed by atoms with Crippen LogP contribution in [-0.4, -0.2) is 35.0 Å². The Morgan fingerprint density at radius 2 is 2.18 bits per heavy atom. The fourth-order valence-corrected chi connectivity index (χ4v) is 1.77. The van der Waals surface area contributed by atoms with Gasteiger partial charge in [-0.25, -0.2) is 4.79 Å². The average molecular weight is 235 g/mol. The topological polar surface area (TPSA) is 66.8 Å². The van der Waals surface area contributed by atoms with E-state index in [1.807, 2.05) is 0 Å². The molecule has 1 aromatic carbocycles. The first kappa shape index (κ1) is 11.4. The predicted molar refractivity (Wildman–Crippen MR) is 60.0 cm³/mol. The highest BCUT2D eigenvalue weighted by atomic mass is 16.5. The van der Waals surface area contributed by atoms with Gasteiger partial charge >= 0.3 is 5.97 Å². The van der Waals surface area contributed by atoms with Gasteiger partial charge in [0, 0.05) is 19.0 Å². The van der Waals surface area contributed by atoms with E-state index in [4.69, 9.17) is 9.84 Å². The zero-order chi connectivity index (χ0) is 12.4. The van der Waals surface area contributed by atoms with E-state index in [-0.39, 0.29) is 11.5 Å². The molecular formula is C12H13NO4. The number of benzene rings is 1. The Labute approximate surface area is 98.6 Å². The van der Waals surface area contributed by atoms with Crippen molar-refractivity contribution in [2.45, 2.75) is 13.5 Å². The average Bonchev–Trinajstić information content (AvgIpc) is 2.49. The van der Waals surface area contributed by atoms with Crippen molar-refractivity contribution >= 4 is 11.9 Å². The Balaban J connectivity index is 2.32. The molecule has 0 aromatic heterocycles. The Morgan fingerprint density at radius 3 is 2.82 bits per heavy atom. The van der Waals surface area contributed by atoms with Crippen molar-refractivity contribution in [1.82, 2.24) is 4.90 Å². The molecule has 1 aromatic rings. The summed E-state index contributed by atoms with van der Waals surface area (Å²) in [4.78, 5) is 23.8. The minimum Gasteiger partial charge on any atom is -0.491 e. The molecule has 0 aliphatic carbocycles. The van der Waals surface area contributed by atoms with Crippen molar-refractivity contribution in [1.29, 1.82) is 0 Å². The van der Waals surface area contributed by atoms with Crippen LogP contribution in [0.4, 0.5) is 0 Å². The molecular weight excluding hydrogens is 222 g/mol. The zero-order valence-corrected chi connectivity index (χ0v) is 9.47. The Kier molecular flexibility index (Phi) is 2.99.